The van der Waals surface area contributed by atoms with Gasteiger partial charge in [-0.2, -0.15) is 0 Å². The Morgan fingerprint density at radius 1 is 1.06 bits per heavy atom. The largest absolute Gasteiger partial charge is 0.342 e. The highest BCUT2D eigenvalue weighted by Crippen LogP contribution is 2.13. The van der Waals surface area contributed by atoms with E-state index in [4.69, 9.17) is 0 Å². The van der Waals surface area contributed by atoms with Gasteiger partial charge in [0, 0.05) is 11.3 Å². The van der Waals surface area contributed by atoms with E-state index in [-0.39, 0.29) is 0 Å². The molecule has 0 saturated carbocycles. The van der Waals surface area contributed by atoms with Crippen LogP contribution in [0.2, 0.25) is 0 Å². The number of aryl methyl sites for hydroxylation is 1. The van der Waals surface area contributed by atoms with Crippen LogP contribution in [0.15, 0.2) is 42.5 Å². The van der Waals surface area contributed by atoms with Crippen molar-refractivity contribution in [3.05, 3.63) is 57.8 Å². The van der Waals surface area contributed by atoms with Gasteiger partial charge in [0.15, 0.2) is 0 Å². The average molecular weight is 232 g/mol. The molecular formula is C14H18NS+. The lowest BCUT2D eigenvalue weighted by molar-refractivity contribution is -0.669. The first kappa shape index (κ1) is 11.4. The van der Waals surface area contributed by atoms with Gasteiger partial charge in [-0.1, -0.05) is 30.3 Å². The van der Waals surface area contributed by atoms with E-state index < -0.39 is 0 Å². The van der Waals surface area contributed by atoms with Crippen molar-refractivity contribution < 1.29 is 5.32 Å². The molecule has 0 spiro atoms. The van der Waals surface area contributed by atoms with Crippen molar-refractivity contribution in [1.82, 2.24) is 0 Å². The zero-order valence-corrected chi connectivity index (χ0v) is 10.5. The molecule has 0 aliphatic carbocycles. The number of rotatable bonds is 5. The van der Waals surface area contributed by atoms with Crippen LogP contribution in [0.4, 0.5) is 0 Å². The summed E-state index contributed by atoms with van der Waals surface area (Å²) < 4.78 is 0. The molecule has 1 aromatic heterocycles. The van der Waals surface area contributed by atoms with Gasteiger partial charge < -0.3 is 5.32 Å². The summed E-state index contributed by atoms with van der Waals surface area (Å²) in [7, 11) is 0. The van der Waals surface area contributed by atoms with E-state index >= 15 is 0 Å². The summed E-state index contributed by atoms with van der Waals surface area (Å²) in [5.41, 5.74) is 1.43. The molecule has 0 atom stereocenters. The Morgan fingerprint density at radius 3 is 2.56 bits per heavy atom. The fraction of sp³-hybridized carbons (Fsp3) is 0.286. The van der Waals surface area contributed by atoms with E-state index in [1.54, 1.807) is 0 Å². The number of quaternary nitrogens is 1. The highest BCUT2D eigenvalue weighted by Gasteiger charge is 1.99. The van der Waals surface area contributed by atoms with Crippen molar-refractivity contribution in [2.24, 2.45) is 0 Å². The van der Waals surface area contributed by atoms with Crippen molar-refractivity contribution in [3.8, 4) is 0 Å². The highest BCUT2D eigenvalue weighted by molar-refractivity contribution is 7.11. The molecule has 2 rings (SSSR count). The van der Waals surface area contributed by atoms with E-state index in [1.165, 1.54) is 21.9 Å². The first-order chi connectivity index (χ1) is 7.84. The van der Waals surface area contributed by atoms with Crippen LogP contribution in [0, 0.1) is 6.92 Å². The summed E-state index contributed by atoms with van der Waals surface area (Å²) in [5.74, 6) is 0. The van der Waals surface area contributed by atoms with Crippen molar-refractivity contribution in [2.45, 2.75) is 19.9 Å². The summed E-state index contributed by atoms with van der Waals surface area (Å²) in [6.45, 7) is 4.45. The van der Waals surface area contributed by atoms with Crippen LogP contribution in [0.5, 0.6) is 0 Å². The number of benzene rings is 1. The standard InChI is InChI=1S/C14H17NS/c1-12-7-8-14(16-12)11-15-10-9-13-5-3-2-4-6-13/h2-8,15H,9-11H2,1H3/p+1. The average Bonchev–Trinajstić information content (AvgIpc) is 2.72. The third kappa shape index (κ3) is 3.47. The molecule has 0 aliphatic heterocycles. The topological polar surface area (TPSA) is 16.6 Å². The van der Waals surface area contributed by atoms with Crippen LogP contribution in [0.1, 0.15) is 15.3 Å². The predicted octanol–water partition coefficient (Wildman–Crippen LogP) is 2.36. The van der Waals surface area contributed by atoms with Crippen LogP contribution < -0.4 is 5.32 Å². The molecule has 2 aromatic rings. The summed E-state index contributed by atoms with van der Waals surface area (Å²) in [6.07, 6.45) is 1.16. The Hall–Kier alpha value is -1.12. The second-order valence-corrected chi connectivity index (χ2v) is 5.40. The quantitative estimate of drug-likeness (QED) is 0.762. The van der Waals surface area contributed by atoms with E-state index in [0.29, 0.717) is 0 Å². The van der Waals surface area contributed by atoms with Crippen LogP contribution in [-0.4, -0.2) is 6.54 Å². The fourth-order valence-electron chi connectivity index (χ4n) is 1.75. The molecular weight excluding hydrogens is 214 g/mol. The molecule has 0 saturated heterocycles. The minimum absolute atomic E-state index is 1.12. The molecule has 1 heterocycles. The van der Waals surface area contributed by atoms with Gasteiger partial charge in [0.1, 0.15) is 6.54 Å². The highest BCUT2D eigenvalue weighted by atomic mass is 32.1. The minimum atomic E-state index is 1.12. The SMILES string of the molecule is Cc1ccc(C[NH2+]CCc2ccccc2)s1. The van der Waals surface area contributed by atoms with E-state index in [0.717, 1.165) is 13.0 Å². The van der Waals surface area contributed by atoms with Gasteiger partial charge in [-0.25, -0.2) is 0 Å². The van der Waals surface area contributed by atoms with Crippen LogP contribution >= 0.6 is 11.3 Å². The normalized spacial score (nSPS) is 10.6. The van der Waals surface area contributed by atoms with Gasteiger partial charge in [-0.05, 0) is 24.6 Å². The molecule has 2 N–H and O–H groups in total. The summed E-state index contributed by atoms with van der Waals surface area (Å²) in [5, 5.41) is 2.39. The Kier molecular flexibility index (Phi) is 4.14. The first-order valence-corrected chi connectivity index (χ1v) is 6.57. The third-order valence-corrected chi connectivity index (χ3v) is 3.64. The molecule has 84 valence electrons. The molecule has 2 heteroatoms. The van der Waals surface area contributed by atoms with Crippen molar-refractivity contribution in [2.75, 3.05) is 6.54 Å². The maximum absolute atomic E-state index is 2.39. The van der Waals surface area contributed by atoms with E-state index in [2.05, 4.69) is 54.7 Å². The third-order valence-electron chi connectivity index (χ3n) is 2.62. The predicted molar refractivity (Wildman–Crippen MR) is 69.7 cm³/mol. The van der Waals surface area contributed by atoms with Crippen molar-refractivity contribution >= 4 is 11.3 Å². The Morgan fingerprint density at radius 2 is 1.88 bits per heavy atom. The molecule has 0 radical (unpaired) electrons. The zero-order valence-electron chi connectivity index (χ0n) is 9.65. The lowest BCUT2D eigenvalue weighted by Crippen LogP contribution is -2.82. The molecule has 0 aliphatic rings. The Balaban J connectivity index is 1.69. The monoisotopic (exact) mass is 232 g/mol. The van der Waals surface area contributed by atoms with Crippen molar-refractivity contribution in [1.29, 1.82) is 0 Å². The first-order valence-electron chi connectivity index (χ1n) is 5.75. The van der Waals surface area contributed by atoms with E-state index in [1.807, 2.05) is 11.3 Å². The number of nitrogens with two attached hydrogens (primary N) is 1. The second-order valence-electron chi connectivity index (χ2n) is 4.03. The fourth-order valence-corrected chi connectivity index (χ4v) is 2.64. The van der Waals surface area contributed by atoms with Gasteiger partial charge in [0.05, 0.1) is 11.4 Å². The lowest BCUT2D eigenvalue weighted by Gasteiger charge is -2.00. The summed E-state index contributed by atoms with van der Waals surface area (Å²) in [4.78, 5) is 2.89. The molecule has 0 unspecified atom stereocenters. The molecule has 1 aromatic carbocycles. The second kappa shape index (κ2) is 5.83. The summed E-state index contributed by atoms with van der Waals surface area (Å²) >= 11 is 1.90. The lowest BCUT2D eigenvalue weighted by atomic mass is 10.1. The van der Waals surface area contributed by atoms with Gasteiger partial charge in [-0.3, -0.25) is 0 Å². The minimum Gasteiger partial charge on any atom is -0.342 e. The van der Waals surface area contributed by atoms with Gasteiger partial charge in [-0.15, -0.1) is 11.3 Å². The zero-order chi connectivity index (χ0) is 11.2. The number of thiophene rings is 1. The maximum Gasteiger partial charge on any atom is 0.111 e. The van der Waals surface area contributed by atoms with Crippen LogP contribution in [-0.2, 0) is 13.0 Å². The van der Waals surface area contributed by atoms with Crippen LogP contribution in [0.3, 0.4) is 0 Å². The van der Waals surface area contributed by atoms with E-state index in [9.17, 15) is 0 Å². The molecule has 0 amide bonds. The number of hydrogen-bond donors (Lipinski definition) is 1. The molecule has 16 heavy (non-hydrogen) atoms. The summed E-state index contributed by atoms with van der Waals surface area (Å²) in [6, 6.07) is 15.1. The molecule has 0 bridgehead atoms. The molecule has 1 nitrogen and oxygen atoms in total. The van der Waals surface area contributed by atoms with Crippen molar-refractivity contribution in [3.63, 3.8) is 0 Å². The Bertz CT molecular complexity index is 419. The van der Waals surface area contributed by atoms with Gasteiger partial charge >= 0.3 is 0 Å². The van der Waals surface area contributed by atoms with Gasteiger partial charge in [0.25, 0.3) is 0 Å². The van der Waals surface area contributed by atoms with Crippen LogP contribution in [0.25, 0.3) is 0 Å². The van der Waals surface area contributed by atoms with Gasteiger partial charge in [0.2, 0.25) is 0 Å². The Labute approximate surface area is 101 Å². The number of hydrogen-bond acceptors (Lipinski definition) is 1. The smallest absolute Gasteiger partial charge is 0.111 e. The molecule has 0 fully saturated rings. The maximum atomic E-state index is 2.39.